The van der Waals surface area contributed by atoms with E-state index >= 15 is 0 Å². The van der Waals surface area contributed by atoms with Crippen molar-refractivity contribution in [1.29, 1.82) is 0 Å². The second-order valence-corrected chi connectivity index (χ2v) is 5.12. The molecule has 1 saturated carbocycles. The van der Waals surface area contributed by atoms with Crippen LogP contribution in [0, 0.1) is 0 Å². The summed E-state index contributed by atoms with van der Waals surface area (Å²) >= 11 is 0. The van der Waals surface area contributed by atoms with Gasteiger partial charge in [0.2, 0.25) is 0 Å². The van der Waals surface area contributed by atoms with E-state index in [0.717, 1.165) is 32.1 Å². The monoisotopic (exact) mass is 229 g/mol. The second-order valence-electron chi connectivity index (χ2n) is 5.12. The quantitative estimate of drug-likeness (QED) is 0.630. The van der Waals surface area contributed by atoms with Crippen molar-refractivity contribution in [3.05, 3.63) is 0 Å². The first kappa shape index (κ1) is 13.9. The minimum Gasteiger partial charge on any atom is -0.392 e. The van der Waals surface area contributed by atoms with Gasteiger partial charge in [0.1, 0.15) is 0 Å². The van der Waals surface area contributed by atoms with Gasteiger partial charge in [0.25, 0.3) is 0 Å². The maximum absolute atomic E-state index is 10.2. The topological polar surface area (TPSA) is 52.5 Å². The molecule has 3 N–H and O–H groups in total. The van der Waals surface area contributed by atoms with Gasteiger partial charge in [-0.2, -0.15) is 0 Å². The summed E-state index contributed by atoms with van der Waals surface area (Å²) in [5, 5.41) is 23.5. The Balaban J connectivity index is 2.40. The van der Waals surface area contributed by atoms with E-state index in [1.165, 1.54) is 12.8 Å². The van der Waals surface area contributed by atoms with Gasteiger partial charge in [-0.15, -0.1) is 0 Å². The van der Waals surface area contributed by atoms with Crippen molar-refractivity contribution in [2.24, 2.45) is 0 Å². The first-order valence-corrected chi connectivity index (χ1v) is 6.75. The third kappa shape index (κ3) is 4.04. The lowest BCUT2D eigenvalue weighted by molar-refractivity contribution is 0.0215. The molecule has 0 spiro atoms. The third-order valence-electron chi connectivity index (χ3n) is 3.99. The zero-order chi connectivity index (χ0) is 12.0. The Morgan fingerprint density at radius 3 is 2.38 bits per heavy atom. The molecule has 1 aliphatic rings. The van der Waals surface area contributed by atoms with Crippen molar-refractivity contribution >= 4 is 0 Å². The summed E-state index contributed by atoms with van der Waals surface area (Å²) in [6.45, 7) is 4.62. The van der Waals surface area contributed by atoms with Crippen molar-refractivity contribution < 1.29 is 10.2 Å². The fourth-order valence-electron chi connectivity index (χ4n) is 2.35. The molecule has 0 aromatic rings. The van der Waals surface area contributed by atoms with Gasteiger partial charge in [-0.1, -0.05) is 33.1 Å². The van der Waals surface area contributed by atoms with Crippen LogP contribution in [0.5, 0.6) is 0 Å². The fraction of sp³-hybridized carbons (Fsp3) is 1.00. The molecule has 96 valence electrons. The van der Waals surface area contributed by atoms with Gasteiger partial charge in [-0.25, -0.2) is 0 Å². The van der Waals surface area contributed by atoms with Gasteiger partial charge in [0.15, 0.2) is 0 Å². The van der Waals surface area contributed by atoms with Crippen molar-refractivity contribution in [2.45, 2.75) is 76.5 Å². The second kappa shape index (κ2) is 6.58. The van der Waals surface area contributed by atoms with Gasteiger partial charge in [-0.3, -0.25) is 0 Å². The molecule has 2 atom stereocenters. The van der Waals surface area contributed by atoms with E-state index in [4.69, 9.17) is 0 Å². The largest absolute Gasteiger partial charge is 0.392 e. The maximum atomic E-state index is 10.2. The van der Waals surface area contributed by atoms with Crippen LogP contribution in [0.4, 0.5) is 0 Å². The molecule has 3 nitrogen and oxygen atoms in total. The SMILES string of the molecule is CCC(O)(CC)CNC1CCCCCC1O. The zero-order valence-corrected chi connectivity index (χ0v) is 10.7. The van der Waals surface area contributed by atoms with Crippen LogP contribution in [0.15, 0.2) is 0 Å². The molecular formula is C13H27NO2. The van der Waals surface area contributed by atoms with Crippen LogP contribution in [-0.4, -0.2) is 34.5 Å². The fourth-order valence-corrected chi connectivity index (χ4v) is 2.35. The zero-order valence-electron chi connectivity index (χ0n) is 10.7. The molecule has 0 amide bonds. The highest BCUT2D eigenvalue weighted by atomic mass is 16.3. The molecule has 0 aliphatic heterocycles. The van der Waals surface area contributed by atoms with Crippen LogP contribution in [0.1, 0.15) is 58.8 Å². The molecule has 0 bridgehead atoms. The first-order valence-electron chi connectivity index (χ1n) is 6.75. The number of aliphatic hydroxyl groups is 2. The average molecular weight is 229 g/mol. The van der Waals surface area contributed by atoms with Gasteiger partial charge < -0.3 is 15.5 Å². The van der Waals surface area contributed by atoms with Crippen LogP contribution in [0.2, 0.25) is 0 Å². The summed E-state index contributed by atoms with van der Waals surface area (Å²) in [4.78, 5) is 0. The van der Waals surface area contributed by atoms with Crippen molar-refractivity contribution in [3.63, 3.8) is 0 Å². The molecule has 3 heteroatoms. The Hall–Kier alpha value is -0.120. The molecule has 2 unspecified atom stereocenters. The minimum atomic E-state index is -0.605. The molecule has 0 aromatic carbocycles. The number of hydrogen-bond donors (Lipinski definition) is 3. The lowest BCUT2D eigenvalue weighted by atomic mass is 9.96. The molecule has 0 heterocycles. The van der Waals surface area contributed by atoms with Crippen molar-refractivity contribution in [3.8, 4) is 0 Å². The normalized spacial score (nSPS) is 27.8. The highest BCUT2D eigenvalue weighted by Gasteiger charge is 2.26. The standard InChI is InChI=1S/C13H27NO2/c1-3-13(16,4-2)10-14-11-8-6-5-7-9-12(11)15/h11-12,14-16H,3-10H2,1-2H3. The summed E-state index contributed by atoms with van der Waals surface area (Å²) < 4.78 is 0. The van der Waals surface area contributed by atoms with E-state index in [1.807, 2.05) is 13.8 Å². The Labute approximate surface area is 99.3 Å². The van der Waals surface area contributed by atoms with Crippen molar-refractivity contribution in [2.75, 3.05) is 6.54 Å². The van der Waals surface area contributed by atoms with E-state index in [2.05, 4.69) is 5.32 Å². The van der Waals surface area contributed by atoms with Gasteiger partial charge >= 0.3 is 0 Å². The lowest BCUT2D eigenvalue weighted by Gasteiger charge is -2.30. The van der Waals surface area contributed by atoms with Crippen LogP contribution in [0.3, 0.4) is 0 Å². The predicted octanol–water partition coefficient (Wildman–Crippen LogP) is 1.82. The molecule has 1 fully saturated rings. The van der Waals surface area contributed by atoms with Crippen LogP contribution < -0.4 is 5.32 Å². The summed E-state index contributed by atoms with van der Waals surface area (Å²) in [7, 11) is 0. The van der Waals surface area contributed by atoms with E-state index < -0.39 is 5.60 Å². The van der Waals surface area contributed by atoms with E-state index in [0.29, 0.717) is 6.54 Å². The summed E-state index contributed by atoms with van der Waals surface area (Å²) in [6.07, 6.45) is 6.76. The van der Waals surface area contributed by atoms with E-state index in [-0.39, 0.29) is 12.1 Å². The summed E-state index contributed by atoms with van der Waals surface area (Å²) in [6, 6.07) is 0.173. The highest BCUT2D eigenvalue weighted by Crippen LogP contribution is 2.19. The number of hydrogen-bond acceptors (Lipinski definition) is 3. The van der Waals surface area contributed by atoms with Crippen LogP contribution >= 0.6 is 0 Å². The summed E-state index contributed by atoms with van der Waals surface area (Å²) in [5.74, 6) is 0. The van der Waals surface area contributed by atoms with Gasteiger partial charge in [-0.05, 0) is 25.7 Å². The molecule has 1 rings (SSSR count). The number of aliphatic hydroxyl groups excluding tert-OH is 1. The van der Waals surface area contributed by atoms with E-state index in [1.54, 1.807) is 0 Å². The van der Waals surface area contributed by atoms with Gasteiger partial charge in [0, 0.05) is 12.6 Å². The first-order chi connectivity index (χ1) is 7.61. The molecule has 0 radical (unpaired) electrons. The molecule has 0 aromatic heterocycles. The predicted molar refractivity (Wildman–Crippen MR) is 66.4 cm³/mol. The Bertz CT molecular complexity index is 192. The number of nitrogens with one attached hydrogen (secondary N) is 1. The lowest BCUT2D eigenvalue weighted by Crippen LogP contribution is -2.47. The Morgan fingerprint density at radius 1 is 1.12 bits per heavy atom. The van der Waals surface area contributed by atoms with Gasteiger partial charge in [0.05, 0.1) is 11.7 Å². The maximum Gasteiger partial charge on any atom is 0.0766 e. The third-order valence-corrected chi connectivity index (χ3v) is 3.99. The average Bonchev–Trinajstić information content (AvgIpc) is 2.51. The summed E-state index contributed by atoms with van der Waals surface area (Å²) in [5.41, 5.74) is -0.605. The minimum absolute atomic E-state index is 0.173. The number of rotatable bonds is 5. The Morgan fingerprint density at radius 2 is 1.75 bits per heavy atom. The van der Waals surface area contributed by atoms with Crippen LogP contribution in [0.25, 0.3) is 0 Å². The molecule has 1 aliphatic carbocycles. The molecule has 0 saturated heterocycles. The Kier molecular flexibility index (Phi) is 5.73. The van der Waals surface area contributed by atoms with Crippen LogP contribution in [-0.2, 0) is 0 Å². The molecular weight excluding hydrogens is 202 g/mol. The highest BCUT2D eigenvalue weighted by molar-refractivity contribution is 4.84. The van der Waals surface area contributed by atoms with E-state index in [9.17, 15) is 10.2 Å². The van der Waals surface area contributed by atoms with Crippen molar-refractivity contribution in [1.82, 2.24) is 5.32 Å². The molecule has 16 heavy (non-hydrogen) atoms. The smallest absolute Gasteiger partial charge is 0.0766 e.